The monoisotopic (exact) mass is 389 g/mol. The molecule has 0 unspecified atom stereocenters. The van der Waals surface area contributed by atoms with E-state index >= 15 is 0 Å². The first-order valence-electron chi connectivity index (χ1n) is 9.58. The van der Waals surface area contributed by atoms with E-state index in [1.54, 1.807) is 24.1 Å². The van der Waals surface area contributed by atoms with E-state index in [1.807, 2.05) is 30.1 Å². The van der Waals surface area contributed by atoms with Crippen molar-refractivity contribution in [3.05, 3.63) is 64.6 Å². The quantitative estimate of drug-likeness (QED) is 0.545. The first-order chi connectivity index (χ1) is 14.1. The molecule has 29 heavy (non-hydrogen) atoms. The molecule has 1 aromatic carbocycles. The molecule has 3 heterocycles. The first kappa shape index (κ1) is 18.8. The molecule has 0 atom stereocenters. The van der Waals surface area contributed by atoms with E-state index in [-0.39, 0.29) is 5.56 Å². The van der Waals surface area contributed by atoms with Crippen molar-refractivity contribution in [2.45, 2.75) is 26.3 Å². The van der Waals surface area contributed by atoms with Crippen molar-refractivity contribution in [3.63, 3.8) is 0 Å². The fraction of sp³-hybridized carbons (Fsp3) is 0.286. The second kappa shape index (κ2) is 7.83. The van der Waals surface area contributed by atoms with Gasteiger partial charge in [-0.25, -0.2) is 15.0 Å². The van der Waals surface area contributed by atoms with Crippen LogP contribution in [0.5, 0.6) is 0 Å². The van der Waals surface area contributed by atoms with E-state index in [9.17, 15) is 4.79 Å². The number of nitrogens with one attached hydrogen (secondary N) is 1. The van der Waals surface area contributed by atoms with E-state index in [1.165, 1.54) is 6.33 Å². The highest BCUT2D eigenvalue weighted by Gasteiger charge is 2.16. The third-order valence-corrected chi connectivity index (χ3v) is 4.84. The molecular weight excluding hydrogens is 366 g/mol. The van der Waals surface area contributed by atoms with Crippen molar-refractivity contribution in [1.82, 2.24) is 29.7 Å². The molecule has 148 valence electrons. The third-order valence-electron chi connectivity index (χ3n) is 4.84. The van der Waals surface area contributed by atoms with Crippen LogP contribution in [0.25, 0.3) is 22.2 Å². The van der Waals surface area contributed by atoms with Gasteiger partial charge in [0.2, 0.25) is 5.95 Å². The summed E-state index contributed by atoms with van der Waals surface area (Å²) in [6, 6.07) is 8.18. The van der Waals surface area contributed by atoms with Crippen LogP contribution < -0.4 is 10.5 Å². The number of anilines is 1. The number of rotatable bonds is 6. The van der Waals surface area contributed by atoms with Crippen LogP contribution in [-0.4, -0.2) is 36.8 Å². The van der Waals surface area contributed by atoms with E-state index in [0.29, 0.717) is 23.5 Å². The number of benzene rings is 1. The summed E-state index contributed by atoms with van der Waals surface area (Å²) in [7, 11) is 3.69. The Bertz CT molecular complexity index is 1200. The number of H-pyrrole nitrogens is 1. The van der Waals surface area contributed by atoms with Crippen molar-refractivity contribution in [2.24, 2.45) is 7.05 Å². The van der Waals surface area contributed by atoms with Crippen molar-refractivity contribution in [2.75, 3.05) is 11.9 Å². The summed E-state index contributed by atoms with van der Waals surface area (Å²) in [5.74, 6) is 0.529. The summed E-state index contributed by atoms with van der Waals surface area (Å²) in [6.45, 7) is 2.69. The predicted octanol–water partition coefficient (Wildman–Crippen LogP) is 2.70. The van der Waals surface area contributed by atoms with Gasteiger partial charge in [0.15, 0.2) is 5.52 Å². The molecular formula is C21H23N7O. The first-order valence-corrected chi connectivity index (χ1v) is 9.58. The van der Waals surface area contributed by atoms with Crippen LogP contribution in [0.1, 0.15) is 24.6 Å². The van der Waals surface area contributed by atoms with E-state index in [4.69, 9.17) is 4.98 Å². The molecule has 0 spiro atoms. The van der Waals surface area contributed by atoms with Gasteiger partial charge >= 0.3 is 0 Å². The van der Waals surface area contributed by atoms with Crippen LogP contribution >= 0.6 is 0 Å². The number of nitrogens with zero attached hydrogens (tertiary/aromatic N) is 6. The zero-order valence-electron chi connectivity index (χ0n) is 16.8. The van der Waals surface area contributed by atoms with Gasteiger partial charge in [0.05, 0.1) is 5.69 Å². The molecule has 8 nitrogen and oxygen atoms in total. The molecule has 0 bridgehead atoms. The molecule has 0 radical (unpaired) electrons. The summed E-state index contributed by atoms with van der Waals surface area (Å²) < 4.78 is 1.61. The fourth-order valence-corrected chi connectivity index (χ4v) is 3.47. The molecule has 4 rings (SSSR count). The summed E-state index contributed by atoms with van der Waals surface area (Å²) >= 11 is 0. The maximum absolute atomic E-state index is 12.6. The van der Waals surface area contributed by atoms with Crippen LogP contribution in [-0.2, 0) is 20.0 Å². The minimum atomic E-state index is -0.176. The molecule has 0 fully saturated rings. The summed E-state index contributed by atoms with van der Waals surface area (Å²) in [5, 5.41) is 4.47. The van der Waals surface area contributed by atoms with Gasteiger partial charge in [-0.3, -0.25) is 14.5 Å². The average molecular weight is 389 g/mol. The number of fused-ring (bicyclic) bond motifs is 1. The van der Waals surface area contributed by atoms with Crippen molar-refractivity contribution < 1.29 is 0 Å². The Labute approximate surface area is 168 Å². The molecule has 0 saturated carbocycles. The van der Waals surface area contributed by atoms with Gasteiger partial charge in [-0.15, -0.1) is 0 Å². The zero-order valence-corrected chi connectivity index (χ0v) is 16.8. The standard InChI is InChI=1S/C21H23N7O/c1-4-6-17-18-19(28(3)26-17)20(29)25-21(24-18)27(2)12-14-7-5-8-15(9-14)16-10-22-13-23-11-16/h5,7-11,13H,4,6,12H2,1-3H3,(H,24,25,29). The molecule has 3 aromatic heterocycles. The number of aryl methyl sites for hydroxylation is 2. The molecule has 8 heteroatoms. The lowest BCUT2D eigenvalue weighted by molar-refractivity contribution is 0.750. The molecule has 0 aliphatic carbocycles. The largest absolute Gasteiger partial charge is 0.341 e. The van der Waals surface area contributed by atoms with Crippen LogP contribution in [0.4, 0.5) is 5.95 Å². The average Bonchev–Trinajstić information content (AvgIpc) is 3.05. The van der Waals surface area contributed by atoms with Crippen LogP contribution in [0.3, 0.4) is 0 Å². The van der Waals surface area contributed by atoms with Gasteiger partial charge in [-0.05, 0) is 23.6 Å². The summed E-state index contributed by atoms with van der Waals surface area (Å²) in [4.78, 5) is 30.4. The minimum absolute atomic E-state index is 0.176. The maximum Gasteiger partial charge on any atom is 0.278 e. The van der Waals surface area contributed by atoms with Crippen molar-refractivity contribution in [3.8, 4) is 11.1 Å². The lowest BCUT2D eigenvalue weighted by Gasteiger charge is -2.18. The molecule has 1 N–H and O–H groups in total. The van der Waals surface area contributed by atoms with E-state index in [2.05, 4.69) is 33.0 Å². The maximum atomic E-state index is 12.6. The zero-order chi connectivity index (χ0) is 20.4. The second-order valence-electron chi connectivity index (χ2n) is 7.09. The van der Waals surface area contributed by atoms with Crippen LogP contribution in [0.15, 0.2) is 47.8 Å². The highest BCUT2D eigenvalue weighted by Crippen LogP contribution is 2.21. The van der Waals surface area contributed by atoms with Crippen LogP contribution in [0, 0.1) is 0 Å². The molecule has 4 aromatic rings. The van der Waals surface area contributed by atoms with Gasteiger partial charge in [0.25, 0.3) is 5.56 Å². The Balaban J connectivity index is 1.65. The van der Waals surface area contributed by atoms with Gasteiger partial charge in [0.1, 0.15) is 11.8 Å². The molecule has 0 amide bonds. The Morgan fingerprint density at radius 2 is 1.97 bits per heavy atom. The highest BCUT2D eigenvalue weighted by atomic mass is 16.1. The lowest BCUT2D eigenvalue weighted by atomic mass is 10.1. The van der Waals surface area contributed by atoms with Gasteiger partial charge in [-0.1, -0.05) is 31.5 Å². The third kappa shape index (κ3) is 3.73. The Morgan fingerprint density at radius 3 is 2.72 bits per heavy atom. The van der Waals surface area contributed by atoms with E-state index in [0.717, 1.165) is 35.2 Å². The van der Waals surface area contributed by atoms with Crippen molar-refractivity contribution >= 4 is 17.0 Å². The van der Waals surface area contributed by atoms with Gasteiger partial charge < -0.3 is 4.90 Å². The highest BCUT2D eigenvalue weighted by molar-refractivity contribution is 5.77. The van der Waals surface area contributed by atoms with E-state index < -0.39 is 0 Å². The molecule has 0 saturated heterocycles. The predicted molar refractivity (Wildman–Crippen MR) is 113 cm³/mol. The van der Waals surface area contributed by atoms with Gasteiger partial charge in [-0.2, -0.15) is 5.10 Å². The summed E-state index contributed by atoms with van der Waals surface area (Å²) in [6.07, 6.45) is 6.84. The number of hydrogen-bond donors (Lipinski definition) is 1. The summed E-state index contributed by atoms with van der Waals surface area (Å²) in [5.41, 5.74) is 4.97. The second-order valence-corrected chi connectivity index (χ2v) is 7.09. The topological polar surface area (TPSA) is 92.6 Å². The number of hydrogen-bond acceptors (Lipinski definition) is 6. The number of aromatic nitrogens is 6. The molecule has 0 aliphatic heterocycles. The Hall–Kier alpha value is -3.55. The SMILES string of the molecule is CCCc1nn(C)c2c(=O)[nH]c(N(C)Cc3cccc(-c4cncnc4)c3)nc12. The Kier molecular flexibility index (Phi) is 5.07. The van der Waals surface area contributed by atoms with Crippen LogP contribution in [0.2, 0.25) is 0 Å². The minimum Gasteiger partial charge on any atom is -0.341 e. The van der Waals surface area contributed by atoms with Gasteiger partial charge in [0, 0.05) is 38.6 Å². The fourth-order valence-electron chi connectivity index (χ4n) is 3.47. The molecule has 0 aliphatic rings. The normalized spacial score (nSPS) is 11.1. The number of aromatic amines is 1. The lowest BCUT2D eigenvalue weighted by Crippen LogP contribution is -2.23. The van der Waals surface area contributed by atoms with Crippen molar-refractivity contribution in [1.29, 1.82) is 0 Å². The smallest absolute Gasteiger partial charge is 0.278 e. The Morgan fingerprint density at radius 1 is 1.17 bits per heavy atom.